The van der Waals surface area contributed by atoms with Gasteiger partial charge < -0.3 is 20.1 Å². The third-order valence-electron chi connectivity index (χ3n) is 4.32. The first kappa shape index (κ1) is 21.5. The number of nitrogens with zero attached hydrogens (tertiary/aromatic N) is 1. The summed E-state index contributed by atoms with van der Waals surface area (Å²) in [5, 5.41) is 6.57. The van der Waals surface area contributed by atoms with Gasteiger partial charge in [-0.3, -0.25) is 9.78 Å². The Morgan fingerprint density at radius 1 is 1.21 bits per heavy atom. The van der Waals surface area contributed by atoms with Crippen molar-refractivity contribution in [1.29, 1.82) is 0 Å². The number of alkyl carbamates (subject to hydrolysis) is 1. The summed E-state index contributed by atoms with van der Waals surface area (Å²) in [6.45, 7) is 8.30. The highest BCUT2D eigenvalue weighted by molar-refractivity contribution is 5.98. The van der Waals surface area contributed by atoms with Crippen LogP contribution in [0.3, 0.4) is 0 Å². The van der Waals surface area contributed by atoms with Crippen molar-refractivity contribution < 1.29 is 19.1 Å². The van der Waals surface area contributed by atoms with E-state index in [4.69, 9.17) is 9.47 Å². The van der Waals surface area contributed by atoms with E-state index >= 15 is 0 Å². The molecule has 0 aliphatic heterocycles. The number of benzene rings is 1. The Morgan fingerprint density at radius 2 is 1.96 bits per heavy atom. The molecule has 2 N–H and O–H groups in total. The molecule has 0 aliphatic carbocycles. The van der Waals surface area contributed by atoms with Gasteiger partial charge in [-0.15, -0.1) is 0 Å². The van der Waals surface area contributed by atoms with Gasteiger partial charge >= 0.3 is 6.09 Å². The summed E-state index contributed by atoms with van der Waals surface area (Å²) in [5.74, 6) is 0.864. The number of rotatable bonds is 8. The first-order valence-corrected chi connectivity index (χ1v) is 9.50. The molecule has 0 saturated heterocycles. The molecular weight excluding hydrogens is 358 g/mol. The summed E-state index contributed by atoms with van der Waals surface area (Å²) in [7, 11) is 1.60. The van der Waals surface area contributed by atoms with Crippen LogP contribution in [0.1, 0.15) is 43.2 Å². The summed E-state index contributed by atoms with van der Waals surface area (Å²) in [6, 6.07) is 7.17. The van der Waals surface area contributed by atoms with Crippen molar-refractivity contribution in [2.24, 2.45) is 5.92 Å². The molecule has 0 saturated carbocycles. The molecule has 7 heteroatoms. The van der Waals surface area contributed by atoms with Crippen LogP contribution in [0, 0.1) is 12.8 Å². The second-order valence-electron chi connectivity index (χ2n) is 7.08. The van der Waals surface area contributed by atoms with Crippen molar-refractivity contribution >= 4 is 22.9 Å². The monoisotopic (exact) mass is 387 g/mol. The van der Waals surface area contributed by atoms with Crippen LogP contribution in [-0.4, -0.2) is 43.3 Å². The smallest absolute Gasteiger partial charge is 0.407 e. The van der Waals surface area contributed by atoms with Crippen LogP contribution in [0.5, 0.6) is 5.75 Å². The van der Waals surface area contributed by atoms with Crippen molar-refractivity contribution in [3.8, 4) is 5.75 Å². The maximum atomic E-state index is 12.7. The predicted molar refractivity (Wildman–Crippen MR) is 109 cm³/mol. The van der Waals surface area contributed by atoms with Crippen LogP contribution in [-0.2, 0) is 4.74 Å². The number of hydrogen-bond donors (Lipinski definition) is 2. The average Bonchev–Trinajstić information content (AvgIpc) is 2.64. The van der Waals surface area contributed by atoms with Gasteiger partial charge in [-0.1, -0.05) is 13.8 Å². The Bertz CT molecular complexity index is 836. The lowest BCUT2D eigenvalue weighted by Gasteiger charge is -2.21. The summed E-state index contributed by atoms with van der Waals surface area (Å²) < 4.78 is 10.2. The van der Waals surface area contributed by atoms with Crippen LogP contribution in [0.4, 0.5) is 4.79 Å². The molecule has 152 valence electrons. The van der Waals surface area contributed by atoms with Crippen LogP contribution in [0.2, 0.25) is 0 Å². The van der Waals surface area contributed by atoms with Gasteiger partial charge in [0.25, 0.3) is 5.91 Å². The molecule has 1 aromatic heterocycles. The first-order chi connectivity index (χ1) is 13.3. The standard InChI is InChI=1S/C21H29N3O4/c1-6-28-21(26)24-16(9-13(2)3)12-22-20(25)18-10-15-7-8-17(27-5)11-19(15)23-14(18)4/h7-8,10-11,13,16H,6,9,12H2,1-5H3,(H,22,25)(H,24,26). The highest BCUT2D eigenvalue weighted by atomic mass is 16.5. The Balaban J connectivity index is 2.11. The molecule has 1 unspecified atom stereocenters. The Morgan fingerprint density at radius 3 is 2.61 bits per heavy atom. The molecule has 28 heavy (non-hydrogen) atoms. The molecule has 0 fully saturated rings. The van der Waals surface area contributed by atoms with Crippen molar-refractivity contribution in [1.82, 2.24) is 15.6 Å². The summed E-state index contributed by atoms with van der Waals surface area (Å²) in [5.41, 5.74) is 1.92. The third kappa shape index (κ3) is 5.84. The zero-order valence-corrected chi connectivity index (χ0v) is 17.2. The number of carbonyl (C=O) groups excluding carboxylic acids is 2. The molecule has 2 amide bonds. The quantitative estimate of drug-likeness (QED) is 0.724. The molecule has 1 atom stereocenters. The van der Waals surface area contributed by atoms with Crippen LogP contribution >= 0.6 is 0 Å². The normalized spacial score (nSPS) is 11.9. The number of aromatic nitrogens is 1. The summed E-state index contributed by atoms with van der Waals surface area (Å²) in [6.07, 6.45) is 0.258. The van der Waals surface area contributed by atoms with E-state index in [1.54, 1.807) is 21.0 Å². The zero-order chi connectivity index (χ0) is 20.7. The second kappa shape index (κ2) is 9.92. The van der Waals surface area contributed by atoms with E-state index in [0.29, 0.717) is 30.3 Å². The number of aryl methyl sites for hydroxylation is 1. The third-order valence-corrected chi connectivity index (χ3v) is 4.32. The van der Waals surface area contributed by atoms with Crippen LogP contribution in [0.25, 0.3) is 10.9 Å². The van der Waals surface area contributed by atoms with E-state index in [-0.39, 0.29) is 11.9 Å². The molecule has 0 radical (unpaired) electrons. The molecule has 1 aromatic carbocycles. The van der Waals surface area contributed by atoms with E-state index in [0.717, 1.165) is 23.1 Å². The molecule has 2 rings (SSSR count). The predicted octanol–water partition coefficient (Wildman–Crippen LogP) is 3.44. The van der Waals surface area contributed by atoms with Crippen LogP contribution in [0.15, 0.2) is 24.3 Å². The lowest BCUT2D eigenvalue weighted by atomic mass is 10.0. The topological polar surface area (TPSA) is 89.6 Å². The number of carbonyl (C=O) groups is 2. The van der Waals surface area contributed by atoms with Crippen LogP contribution < -0.4 is 15.4 Å². The second-order valence-corrected chi connectivity index (χ2v) is 7.08. The summed E-state index contributed by atoms with van der Waals surface area (Å²) >= 11 is 0. The van der Waals surface area contributed by atoms with E-state index in [9.17, 15) is 9.59 Å². The van der Waals surface area contributed by atoms with Gasteiger partial charge in [-0.2, -0.15) is 0 Å². The SMILES string of the molecule is CCOC(=O)NC(CNC(=O)c1cc2ccc(OC)cc2nc1C)CC(C)C. The molecular formula is C21H29N3O4. The lowest BCUT2D eigenvalue weighted by Crippen LogP contribution is -2.44. The Kier molecular flexibility index (Phi) is 7.61. The minimum Gasteiger partial charge on any atom is -0.497 e. The van der Waals surface area contributed by atoms with E-state index in [1.807, 2.05) is 24.3 Å². The zero-order valence-electron chi connectivity index (χ0n) is 17.2. The average molecular weight is 387 g/mol. The molecule has 2 aromatic rings. The number of amides is 2. The number of pyridine rings is 1. The minimum atomic E-state index is -0.472. The Labute approximate surface area is 165 Å². The van der Waals surface area contributed by atoms with Gasteiger partial charge in [-0.25, -0.2) is 4.79 Å². The highest BCUT2D eigenvalue weighted by Gasteiger charge is 2.18. The molecule has 7 nitrogen and oxygen atoms in total. The minimum absolute atomic E-state index is 0.207. The van der Waals surface area contributed by atoms with Crippen molar-refractivity contribution in [2.45, 2.75) is 40.2 Å². The van der Waals surface area contributed by atoms with Gasteiger partial charge in [0.15, 0.2) is 0 Å². The van der Waals surface area contributed by atoms with Crippen molar-refractivity contribution in [3.05, 3.63) is 35.5 Å². The fraction of sp³-hybridized carbons (Fsp3) is 0.476. The fourth-order valence-electron chi connectivity index (χ4n) is 3.01. The molecule has 0 bridgehead atoms. The van der Waals surface area contributed by atoms with Crippen molar-refractivity contribution in [2.75, 3.05) is 20.3 Å². The van der Waals surface area contributed by atoms with Gasteiger partial charge in [0.1, 0.15) is 5.75 Å². The maximum absolute atomic E-state index is 12.7. The van der Waals surface area contributed by atoms with E-state index < -0.39 is 6.09 Å². The molecule has 0 spiro atoms. The Hall–Kier alpha value is -2.83. The lowest BCUT2D eigenvalue weighted by molar-refractivity contribution is 0.0943. The fourth-order valence-corrected chi connectivity index (χ4v) is 3.01. The maximum Gasteiger partial charge on any atom is 0.407 e. The van der Waals surface area contributed by atoms with Crippen molar-refractivity contribution in [3.63, 3.8) is 0 Å². The van der Waals surface area contributed by atoms with Gasteiger partial charge in [0.05, 0.1) is 30.5 Å². The largest absolute Gasteiger partial charge is 0.497 e. The number of nitrogens with one attached hydrogen (secondary N) is 2. The van der Waals surface area contributed by atoms with Gasteiger partial charge in [0, 0.05) is 24.0 Å². The molecule has 0 aliphatic rings. The van der Waals surface area contributed by atoms with Gasteiger partial charge in [-0.05, 0) is 44.4 Å². The summed E-state index contributed by atoms with van der Waals surface area (Å²) in [4.78, 5) is 29.0. The van der Waals surface area contributed by atoms with E-state index in [2.05, 4.69) is 29.5 Å². The number of ether oxygens (including phenoxy) is 2. The molecule has 1 heterocycles. The number of hydrogen-bond acceptors (Lipinski definition) is 5. The number of fused-ring (bicyclic) bond motifs is 1. The van der Waals surface area contributed by atoms with E-state index in [1.165, 1.54) is 0 Å². The highest BCUT2D eigenvalue weighted by Crippen LogP contribution is 2.21. The first-order valence-electron chi connectivity index (χ1n) is 9.50. The van der Waals surface area contributed by atoms with Gasteiger partial charge in [0.2, 0.25) is 0 Å². The number of methoxy groups -OCH3 is 1.